The van der Waals surface area contributed by atoms with Crippen LogP contribution in [0.2, 0.25) is 0 Å². The van der Waals surface area contributed by atoms with Crippen LogP contribution in [0.4, 0.5) is 0 Å². The number of aryl methyl sites for hydroxylation is 2. The molecule has 25 heavy (non-hydrogen) atoms. The summed E-state index contributed by atoms with van der Waals surface area (Å²) in [4.78, 5) is 4.99. The molecule has 0 N–H and O–H groups in total. The lowest BCUT2D eigenvalue weighted by atomic mass is 9.96. The van der Waals surface area contributed by atoms with Gasteiger partial charge in [-0.15, -0.1) is 0 Å². The molecule has 1 saturated heterocycles. The predicted octanol–water partition coefficient (Wildman–Crippen LogP) is 4.97. The van der Waals surface area contributed by atoms with Gasteiger partial charge in [-0.1, -0.05) is 55.5 Å². The number of rotatable bonds is 5. The minimum Gasteiger partial charge on any atom is -0.369 e. The van der Waals surface area contributed by atoms with E-state index < -0.39 is 0 Å². The van der Waals surface area contributed by atoms with E-state index in [-0.39, 0.29) is 0 Å². The van der Waals surface area contributed by atoms with Gasteiger partial charge in [0.25, 0.3) is 0 Å². The summed E-state index contributed by atoms with van der Waals surface area (Å²) in [5, 5.41) is 0. The molecular weight excluding hydrogens is 304 g/mol. The Morgan fingerprint density at radius 1 is 1.00 bits per heavy atom. The Hall–Kier alpha value is -2.06. The summed E-state index contributed by atoms with van der Waals surface area (Å²) in [6.07, 6.45) is 1.23. The molecule has 1 aliphatic heterocycles. The van der Waals surface area contributed by atoms with E-state index in [4.69, 9.17) is 0 Å². The molecule has 0 unspecified atom stereocenters. The van der Waals surface area contributed by atoms with E-state index in [1.807, 2.05) is 0 Å². The number of hydrogen-bond acceptors (Lipinski definition) is 2. The summed E-state index contributed by atoms with van der Waals surface area (Å²) in [5.41, 5.74) is 7.62. The highest BCUT2D eigenvalue weighted by Gasteiger charge is 2.18. The fourth-order valence-corrected chi connectivity index (χ4v) is 3.65. The average Bonchev–Trinajstić information content (AvgIpc) is 2.64. The Kier molecular flexibility index (Phi) is 5.60. The van der Waals surface area contributed by atoms with Crippen LogP contribution < -0.4 is 0 Å². The first kappa shape index (κ1) is 17.8. The van der Waals surface area contributed by atoms with Crippen LogP contribution in [0.1, 0.15) is 30.0 Å². The Morgan fingerprint density at radius 3 is 2.48 bits per heavy atom. The molecule has 0 amide bonds. The highest BCUT2D eigenvalue weighted by Crippen LogP contribution is 2.28. The first-order valence-corrected chi connectivity index (χ1v) is 9.42. The zero-order chi connectivity index (χ0) is 17.8. The molecule has 0 aliphatic carbocycles. The van der Waals surface area contributed by atoms with Gasteiger partial charge in [-0.2, -0.15) is 0 Å². The monoisotopic (exact) mass is 334 g/mol. The van der Waals surface area contributed by atoms with Gasteiger partial charge in [-0.3, -0.25) is 4.90 Å². The minimum absolute atomic E-state index is 1.08. The molecule has 2 aromatic carbocycles. The molecule has 0 radical (unpaired) electrons. The molecule has 132 valence electrons. The number of piperazine rings is 1. The zero-order valence-electron chi connectivity index (χ0n) is 15.9. The summed E-state index contributed by atoms with van der Waals surface area (Å²) in [7, 11) is 0. The van der Waals surface area contributed by atoms with Crippen molar-refractivity contribution in [3.05, 3.63) is 65.7 Å². The van der Waals surface area contributed by atoms with Crippen LogP contribution in [-0.4, -0.2) is 42.5 Å². The molecule has 1 fully saturated rings. The normalized spacial score (nSPS) is 15.4. The summed E-state index contributed by atoms with van der Waals surface area (Å²) in [6, 6.07) is 15.5. The molecular formula is C23H30N2. The second-order valence-corrected chi connectivity index (χ2v) is 7.17. The fourth-order valence-electron chi connectivity index (χ4n) is 3.65. The largest absolute Gasteiger partial charge is 0.369 e. The third-order valence-electron chi connectivity index (χ3n) is 5.19. The first-order valence-electron chi connectivity index (χ1n) is 9.42. The lowest BCUT2D eigenvalue weighted by molar-refractivity contribution is 0.176. The van der Waals surface area contributed by atoms with Gasteiger partial charge in [0.05, 0.1) is 0 Å². The van der Waals surface area contributed by atoms with Crippen molar-refractivity contribution in [3.63, 3.8) is 0 Å². The Labute approximate surface area is 152 Å². The third kappa shape index (κ3) is 4.13. The molecule has 2 aromatic rings. The van der Waals surface area contributed by atoms with Crippen LogP contribution in [0.15, 0.2) is 49.0 Å². The molecule has 1 aliphatic rings. The van der Waals surface area contributed by atoms with Crippen molar-refractivity contribution in [3.8, 4) is 11.1 Å². The molecule has 2 nitrogen and oxygen atoms in total. The maximum absolute atomic E-state index is 4.40. The topological polar surface area (TPSA) is 6.48 Å². The third-order valence-corrected chi connectivity index (χ3v) is 5.19. The highest BCUT2D eigenvalue weighted by atomic mass is 15.3. The van der Waals surface area contributed by atoms with E-state index in [1.165, 1.54) is 40.8 Å². The van der Waals surface area contributed by atoms with Crippen molar-refractivity contribution < 1.29 is 0 Å². The molecule has 3 rings (SSSR count). The van der Waals surface area contributed by atoms with Gasteiger partial charge >= 0.3 is 0 Å². The van der Waals surface area contributed by atoms with E-state index in [1.54, 1.807) is 0 Å². The Balaban J connectivity index is 1.78. The van der Waals surface area contributed by atoms with Crippen molar-refractivity contribution in [1.82, 2.24) is 9.80 Å². The lowest BCUT2D eigenvalue weighted by Gasteiger charge is -2.37. The smallest absolute Gasteiger partial charge is 0.0367 e. The lowest BCUT2D eigenvalue weighted by Crippen LogP contribution is -2.45. The van der Waals surface area contributed by atoms with Gasteiger partial charge in [0.15, 0.2) is 0 Å². The molecule has 2 heteroatoms. The van der Waals surface area contributed by atoms with Crippen molar-refractivity contribution >= 4 is 5.70 Å². The standard InChI is InChI=1S/C23H30N2/c1-5-11-24-12-14-25(15-13-24)20(4)21-7-6-8-22(17-21)23-16-18(2)9-10-19(23)3/h6-10,16-17H,4-5,11-15H2,1-3H3. The van der Waals surface area contributed by atoms with Crippen molar-refractivity contribution in [2.45, 2.75) is 27.2 Å². The van der Waals surface area contributed by atoms with Crippen molar-refractivity contribution in [2.75, 3.05) is 32.7 Å². The quantitative estimate of drug-likeness (QED) is 0.762. The van der Waals surface area contributed by atoms with Crippen LogP contribution >= 0.6 is 0 Å². The summed E-state index contributed by atoms with van der Waals surface area (Å²) in [6.45, 7) is 16.6. The van der Waals surface area contributed by atoms with Crippen molar-refractivity contribution in [2.24, 2.45) is 0 Å². The Bertz CT molecular complexity index is 740. The fraction of sp³-hybridized carbons (Fsp3) is 0.391. The summed E-state index contributed by atoms with van der Waals surface area (Å²) in [5.74, 6) is 0. The van der Waals surface area contributed by atoms with Gasteiger partial charge in [0, 0.05) is 31.9 Å². The van der Waals surface area contributed by atoms with E-state index in [0.717, 1.165) is 31.9 Å². The number of benzene rings is 2. The van der Waals surface area contributed by atoms with Gasteiger partial charge in [-0.05, 0) is 55.1 Å². The van der Waals surface area contributed by atoms with Crippen molar-refractivity contribution in [1.29, 1.82) is 0 Å². The number of nitrogens with zero attached hydrogens (tertiary/aromatic N) is 2. The second kappa shape index (κ2) is 7.88. The van der Waals surface area contributed by atoms with Gasteiger partial charge < -0.3 is 4.90 Å². The van der Waals surface area contributed by atoms with Gasteiger partial charge in [-0.25, -0.2) is 0 Å². The van der Waals surface area contributed by atoms with E-state index in [0.29, 0.717) is 0 Å². The predicted molar refractivity (Wildman–Crippen MR) is 109 cm³/mol. The van der Waals surface area contributed by atoms with E-state index in [2.05, 4.69) is 79.6 Å². The van der Waals surface area contributed by atoms with Crippen LogP contribution in [0.5, 0.6) is 0 Å². The molecule has 0 atom stereocenters. The Morgan fingerprint density at radius 2 is 1.76 bits per heavy atom. The highest BCUT2D eigenvalue weighted by molar-refractivity contribution is 5.73. The van der Waals surface area contributed by atoms with Gasteiger partial charge in [0.2, 0.25) is 0 Å². The molecule has 0 saturated carbocycles. The summed E-state index contributed by atoms with van der Waals surface area (Å²) >= 11 is 0. The van der Waals surface area contributed by atoms with Gasteiger partial charge in [0.1, 0.15) is 0 Å². The van der Waals surface area contributed by atoms with Crippen LogP contribution in [0.25, 0.3) is 16.8 Å². The van der Waals surface area contributed by atoms with E-state index >= 15 is 0 Å². The first-order chi connectivity index (χ1) is 12.1. The molecule has 0 aromatic heterocycles. The summed E-state index contributed by atoms with van der Waals surface area (Å²) < 4.78 is 0. The van der Waals surface area contributed by atoms with Crippen LogP contribution in [-0.2, 0) is 0 Å². The number of hydrogen-bond donors (Lipinski definition) is 0. The second-order valence-electron chi connectivity index (χ2n) is 7.17. The van der Waals surface area contributed by atoms with Crippen LogP contribution in [0, 0.1) is 13.8 Å². The average molecular weight is 335 g/mol. The minimum atomic E-state index is 1.08. The van der Waals surface area contributed by atoms with E-state index in [9.17, 15) is 0 Å². The SMILES string of the molecule is C=C(c1cccc(-c2cc(C)ccc2C)c1)N1CCN(CCC)CC1. The maximum atomic E-state index is 4.40. The molecule has 0 spiro atoms. The molecule has 0 bridgehead atoms. The molecule has 1 heterocycles. The maximum Gasteiger partial charge on any atom is 0.0367 e. The van der Waals surface area contributed by atoms with Crippen LogP contribution in [0.3, 0.4) is 0 Å². The zero-order valence-corrected chi connectivity index (χ0v) is 15.9.